The highest BCUT2D eigenvalue weighted by atomic mass is 16.3. The molecule has 3 N–H and O–H groups in total. The molecule has 6 heteroatoms. The highest BCUT2D eigenvalue weighted by Gasteiger charge is 2.20. The Hall–Kier alpha value is -2.47. The first-order valence-electron chi connectivity index (χ1n) is 8.33. The van der Waals surface area contributed by atoms with E-state index in [1.54, 1.807) is 6.07 Å². The van der Waals surface area contributed by atoms with Crippen molar-refractivity contribution >= 4 is 11.8 Å². The maximum atomic E-state index is 11.9. The molecule has 1 aliphatic carbocycles. The summed E-state index contributed by atoms with van der Waals surface area (Å²) in [7, 11) is 0. The summed E-state index contributed by atoms with van der Waals surface area (Å²) in [5, 5.41) is 23.4. The van der Waals surface area contributed by atoms with Crippen LogP contribution in [0.3, 0.4) is 0 Å². The van der Waals surface area contributed by atoms with Gasteiger partial charge in [-0.3, -0.25) is 5.32 Å². The van der Waals surface area contributed by atoms with Crippen LogP contribution in [-0.2, 0) is 0 Å². The first-order valence-corrected chi connectivity index (χ1v) is 8.33. The highest BCUT2D eigenvalue weighted by molar-refractivity contribution is 5.88. The Morgan fingerprint density at radius 3 is 2.67 bits per heavy atom. The molecule has 0 aliphatic heterocycles. The number of aromatic nitrogens is 2. The van der Waals surface area contributed by atoms with Crippen LogP contribution in [0.1, 0.15) is 25.7 Å². The molecule has 1 aromatic carbocycles. The van der Waals surface area contributed by atoms with Crippen LogP contribution in [0.25, 0.3) is 11.3 Å². The van der Waals surface area contributed by atoms with Crippen molar-refractivity contribution in [3.8, 4) is 11.3 Å². The summed E-state index contributed by atoms with van der Waals surface area (Å²) in [5.41, 5.74) is 1.75. The van der Waals surface area contributed by atoms with Gasteiger partial charge >= 0.3 is 6.03 Å². The van der Waals surface area contributed by atoms with Crippen LogP contribution in [0.15, 0.2) is 42.5 Å². The van der Waals surface area contributed by atoms with Crippen molar-refractivity contribution in [1.82, 2.24) is 15.5 Å². The van der Waals surface area contributed by atoms with E-state index in [1.165, 1.54) is 0 Å². The van der Waals surface area contributed by atoms with E-state index < -0.39 is 0 Å². The number of nitrogens with one attached hydrogen (secondary N) is 2. The molecule has 2 amide bonds. The van der Waals surface area contributed by atoms with Gasteiger partial charge in [-0.2, -0.15) is 0 Å². The van der Waals surface area contributed by atoms with Crippen molar-refractivity contribution in [2.24, 2.45) is 5.92 Å². The predicted molar refractivity (Wildman–Crippen MR) is 92.5 cm³/mol. The second-order valence-corrected chi connectivity index (χ2v) is 6.19. The van der Waals surface area contributed by atoms with Crippen LogP contribution in [0.4, 0.5) is 10.6 Å². The van der Waals surface area contributed by atoms with Gasteiger partial charge in [0.2, 0.25) is 0 Å². The minimum Gasteiger partial charge on any atom is -0.393 e. The van der Waals surface area contributed by atoms with Gasteiger partial charge in [-0.1, -0.05) is 36.8 Å². The van der Waals surface area contributed by atoms with Gasteiger partial charge in [0.1, 0.15) is 0 Å². The van der Waals surface area contributed by atoms with Crippen molar-refractivity contribution in [3.63, 3.8) is 0 Å². The monoisotopic (exact) mass is 326 g/mol. The quantitative estimate of drug-likeness (QED) is 0.806. The number of carbonyl (C=O) groups excluding carboxylic acids is 1. The summed E-state index contributed by atoms with van der Waals surface area (Å²) < 4.78 is 0. The van der Waals surface area contributed by atoms with Gasteiger partial charge in [0.15, 0.2) is 5.82 Å². The minimum atomic E-state index is -0.295. The average Bonchev–Trinajstić information content (AvgIpc) is 2.61. The van der Waals surface area contributed by atoms with E-state index in [2.05, 4.69) is 20.8 Å². The second-order valence-electron chi connectivity index (χ2n) is 6.19. The van der Waals surface area contributed by atoms with E-state index in [9.17, 15) is 9.90 Å². The topological polar surface area (TPSA) is 87.1 Å². The first-order chi connectivity index (χ1) is 11.7. The number of aliphatic hydroxyl groups excluding tert-OH is 1. The number of urea groups is 1. The molecule has 24 heavy (non-hydrogen) atoms. The largest absolute Gasteiger partial charge is 0.393 e. The normalized spacial score (nSPS) is 20.4. The van der Waals surface area contributed by atoms with Gasteiger partial charge in [-0.15, -0.1) is 10.2 Å². The minimum absolute atomic E-state index is 0.231. The van der Waals surface area contributed by atoms with E-state index in [-0.39, 0.29) is 12.1 Å². The van der Waals surface area contributed by atoms with Gasteiger partial charge in [0, 0.05) is 12.1 Å². The molecule has 6 nitrogen and oxygen atoms in total. The van der Waals surface area contributed by atoms with Crippen LogP contribution >= 0.6 is 0 Å². The van der Waals surface area contributed by atoms with Crippen LogP contribution < -0.4 is 10.6 Å². The van der Waals surface area contributed by atoms with Gasteiger partial charge in [-0.05, 0) is 37.3 Å². The number of aliphatic hydroxyl groups is 1. The molecule has 1 saturated carbocycles. The molecule has 3 rings (SSSR count). The lowest BCUT2D eigenvalue weighted by atomic mass is 9.87. The van der Waals surface area contributed by atoms with E-state index in [0.29, 0.717) is 18.3 Å². The summed E-state index contributed by atoms with van der Waals surface area (Å²) in [5.74, 6) is 0.752. The summed E-state index contributed by atoms with van der Waals surface area (Å²) in [6.45, 7) is 0.568. The lowest BCUT2D eigenvalue weighted by Crippen LogP contribution is -2.35. The number of hydrogen-bond acceptors (Lipinski definition) is 4. The third-order valence-corrected chi connectivity index (χ3v) is 4.28. The highest BCUT2D eigenvalue weighted by Crippen LogP contribution is 2.23. The Labute approximate surface area is 141 Å². The SMILES string of the molecule is O=C(NCC1CCCC(O)C1)Nc1ccc(-c2ccccc2)nn1. The maximum absolute atomic E-state index is 11.9. The summed E-state index contributed by atoms with van der Waals surface area (Å²) in [4.78, 5) is 11.9. The van der Waals surface area contributed by atoms with Crippen LogP contribution in [0, 0.1) is 5.92 Å². The van der Waals surface area contributed by atoms with E-state index in [4.69, 9.17) is 0 Å². The fraction of sp³-hybridized carbons (Fsp3) is 0.389. The summed E-state index contributed by atoms with van der Waals surface area (Å²) >= 11 is 0. The number of carbonyl (C=O) groups is 1. The number of rotatable bonds is 4. The first kappa shape index (κ1) is 16.4. The molecule has 1 heterocycles. The van der Waals surface area contributed by atoms with Crippen LogP contribution in [0.2, 0.25) is 0 Å². The molecule has 2 unspecified atom stereocenters. The second kappa shape index (κ2) is 7.88. The van der Waals surface area contributed by atoms with E-state index >= 15 is 0 Å². The van der Waals surface area contributed by atoms with Crippen LogP contribution in [-0.4, -0.2) is 34.0 Å². The third-order valence-electron chi connectivity index (χ3n) is 4.28. The Balaban J connectivity index is 1.49. The summed E-state index contributed by atoms with van der Waals surface area (Å²) in [6.07, 6.45) is 3.45. The van der Waals surface area contributed by atoms with Crippen molar-refractivity contribution in [2.45, 2.75) is 31.8 Å². The molecule has 0 spiro atoms. The third kappa shape index (κ3) is 4.52. The predicted octanol–water partition coefficient (Wildman–Crippen LogP) is 2.82. The van der Waals surface area contributed by atoms with Crippen molar-refractivity contribution in [2.75, 3.05) is 11.9 Å². The smallest absolute Gasteiger partial charge is 0.320 e. The molecule has 0 saturated heterocycles. The molecule has 1 fully saturated rings. The van der Waals surface area contributed by atoms with E-state index in [0.717, 1.165) is 36.9 Å². The number of nitrogens with zero attached hydrogens (tertiary/aromatic N) is 2. The standard InChI is InChI=1S/C18H22N4O2/c23-15-8-4-5-13(11-15)12-19-18(24)20-17-10-9-16(21-22-17)14-6-2-1-3-7-14/h1-3,6-7,9-10,13,15,23H,4-5,8,11-12H2,(H2,19,20,22,24). The molecular formula is C18H22N4O2. The van der Waals surface area contributed by atoms with Gasteiger partial charge in [-0.25, -0.2) is 4.79 Å². The molecule has 1 aromatic heterocycles. The van der Waals surface area contributed by atoms with Gasteiger partial charge in [0.05, 0.1) is 11.8 Å². The Kier molecular flexibility index (Phi) is 5.38. The zero-order valence-electron chi connectivity index (χ0n) is 13.5. The fourth-order valence-corrected chi connectivity index (χ4v) is 3.01. The molecule has 1 aliphatic rings. The molecule has 2 atom stereocenters. The Morgan fingerprint density at radius 2 is 1.96 bits per heavy atom. The molecule has 126 valence electrons. The lowest BCUT2D eigenvalue weighted by molar-refractivity contribution is 0.101. The molecule has 0 radical (unpaired) electrons. The lowest BCUT2D eigenvalue weighted by Gasteiger charge is -2.25. The molecule has 0 bridgehead atoms. The molecule has 2 aromatic rings. The number of anilines is 1. The number of hydrogen-bond donors (Lipinski definition) is 3. The number of amides is 2. The van der Waals surface area contributed by atoms with Gasteiger partial charge in [0.25, 0.3) is 0 Å². The number of benzene rings is 1. The van der Waals surface area contributed by atoms with E-state index in [1.807, 2.05) is 36.4 Å². The Morgan fingerprint density at radius 1 is 1.12 bits per heavy atom. The van der Waals surface area contributed by atoms with Crippen molar-refractivity contribution < 1.29 is 9.90 Å². The Bertz CT molecular complexity index is 660. The maximum Gasteiger partial charge on any atom is 0.320 e. The van der Waals surface area contributed by atoms with Gasteiger partial charge < -0.3 is 10.4 Å². The van der Waals surface area contributed by atoms with Crippen molar-refractivity contribution in [3.05, 3.63) is 42.5 Å². The zero-order valence-corrected chi connectivity index (χ0v) is 13.5. The molecular weight excluding hydrogens is 304 g/mol. The zero-order chi connectivity index (χ0) is 16.8. The summed E-state index contributed by atoms with van der Waals surface area (Å²) in [6, 6.07) is 13.0. The van der Waals surface area contributed by atoms with Crippen LogP contribution in [0.5, 0.6) is 0 Å². The average molecular weight is 326 g/mol. The fourth-order valence-electron chi connectivity index (χ4n) is 3.01. The van der Waals surface area contributed by atoms with Crippen molar-refractivity contribution in [1.29, 1.82) is 0 Å².